The molecule has 0 saturated carbocycles. The molecule has 0 aliphatic rings. The summed E-state index contributed by atoms with van der Waals surface area (Å²) >= 11 is 0. The van der Waals surface area contributed by atoms with Gasteiger partial charge < -0.3 is 4.74 Å². The largest absolute Gasteiger partial charge is 0.450 e. The van der Waals surface area contributed by atoms with E-state index in [1.165, 1.54) is 13.1 Å². The molecule has 0 N–H and O–H groups in total. The van der Waals surface area contributed by atoms with Gasteiger partial charge in [-0.05, 0) is 6.42 Å². The van der Waals surface area contributed by atoms with E-state index in [4.69, 9.17) is 0 Å². The highest BCUT2D eigenvalue weighted by molar-refractivity contribution is 5.38. The van der Waals surface area contributed by atoms with Crippen LogP contribution < -0.4 is 0 Å². The molecule has 0 atom stereocenters. The Morgan fingerprint density at radius 3 is 2.83 bits per heavy atom. The van der Waals surface area contributed by atoms with Crippen molar-refractivity contribution < 1.29 is 9.53 Å². The summed E-state index contributed by atoms with van der Waals surface area (Å²) in [5, 5.41) is 0. The highest BCUT2D eigenvalue weighted by Crippen LogP contribution is 1.80. The Bertz CT molecular complexity index is 34.5. The average Bonchev–Trinajstić information content (AvgIpc) is 1.61. The van der Waals surface area contributed by atoms with Gasteiger partial charge in [-0.3, -0.25) is 0 Å². The summed E-state index contributed by atoms with van der Waals surface area (Å²) in [6.45, 7) is 4.52. The van der Waals surface area contributed by atoms with Crippen molar-refractivity contribution in [3.63, 3.8) is 0 Å². The van der Waals surface area contributed by atoms with Gasteiger partial charge in [0.1, 0.15) is 6.61 Å². The standard InChI is InChI=1S/C4H6O2/c1-2-3-6-4-5/h3H,2H2,1H3. The molecule has 0 aromatic carbocycles. The van der Waals surface area contributed by atoms with Crippen LogP contribution in [0.25, 0.3) is 0 Å². The summed E-state index contributed by atoms with van der Waals surface area (Å²) in [5.41, 5.74) is 0. The van der Waals surface area contributed by atoms with Gasteiger partial charge in [0.2, 0.25) is 0 Å². The van der Waals surface area contributed by atoms with E-state index in [1.807, 2.05) is 6.92 Å². The second kappa shape index (κ2) is 4.47. The van der Waals surface area contributed by atoms with E-state index in [0.29, 0.717) is 0 Å². The van der Waals surface area contributed by atoms with Crippen molar-refractivity contribution >= 4 is 6.47 Å². The van der Waals surface area contributed by atoms with Crippen LogP contribution in [-0.4, -0.2) is 6.47 Å². The molecule has 6 heavy (non-hydrogen) atoms. The van der Waals surface area contributed by atoms with Gasteiger partial charge >= 0.3 is 6.47 Å². The van der Waals surface area contributed by atoms with Crippen molar-refractivity contribution in [3.8, 4) is 0 Å². The summed E-state index contributed by atoms with van der Waals surface area (Å²) in [4.78, 5) is 9.19. The summed E-state index contributed by atoms with van der Waals surface area (Å²) in [6, 6.07) is 0. The molecule has 2 heteroatoms. The third kappa shape index (κ3) is 3.47. The van der Waals surface area contributed by atoms with Crippen LogP contribution in [0.1, 0.15) is 13.3 Å². The van der Waals surface area contributed by atoms with Crippen LogP contribution in [0.5, 0.6) is 0 Å². The van der Waals surface area contributed by atoms with E-state index in [1.54, 1.807) is 0 Å². The van der Waals surface area contributed by atoms with Crippen LogP contribution in [0.15, 0.2) is 0 Å². The first-order chi connectivity index (χ1) is 2.91. The Morgan fingerprint density at radius 2 is 2.67 bits per heavy atom. The topological polar surface area (TPSA) is 26.3 Å². The highest BCUT2D eigenvalue weighted by atomic mass is 16.5. The molecular weight excluding hydrogens is 80.0 g/mol. The molecule has 0 saturated heterocycles. The molecular formula is C4H6O2. The van der Waals surface area contributed by atoms with E-state index in [9.17, 15) is 4.79 Å². The molecule has 0 amide bonds. The maximum Gasteiger partial charge on any atom is 0.417 e. The van der Waals surface area contributed by atoms with Crippen LogP contribution in [0.4, 0.5) is 0 Å². The van der Waals surface area contributed by atoms with Crippen LogP contribution in [-0.2, 0) is 9.53 Å². The lowest BCUT2D eigenvalue weighted by Crippen LogP contribution is -1.78. The molecule has 34 valence electrons. The molecule has 0 heterocycles. The lowest BCUT2D eigenvalue weighted by molar-refractivity contribution is 0.342. The van der Waals surface area contributed by atoms with Crippen LogP contribution in [0, 0.1) is 6.61 Å². The fourth-order valence-electron chi connectivity index (χ4n) is 0.117. The molecule has 0 bridgehead atoms. The third-order valence-corrected chi connectivity index (χ3v) is 0.298. The van der Waals surface area contributed by atoms with E-state index in [0.717, 1.165) is 6.42 Å². The smallest absolute Gasteiger partial charge is 0.417 e. The number of ether oxygens (including phenoxy) is 1. The van der Waals surface area contributed by atoms with Crippen molar-refractivity contribution in [2.45, 2.75) is 13.3 Å². The van der Waals surface area contributed by atoms with Crippen LogP contribution in [0.2, 0.25) is 0 Å². The Hall–Kier alpha value is -0.530. The highest BCUT2D eigenvalue weighted by Gasteiger charge is 1.75. The summed E-state index contributed by atoms with van der Waals surface area (Å²) in [6.07, 6.45) is 0.745. The molecule has 0 unspecified atom stereocenters. The lowest BCUT2D eigenvalue weighted by Gasteiger charge is -1.83. The quantitative estimate of drug-likeness (QED) is 0.471. The maximum atomic E-state index is 9.19. The average molecular weight is 86.1 g/mol. The predicted molar refractivity (Wildman–Crippen MR) is 21.4 cm³/mol. The lowest BCUT2D eigenvalue weighted by atomic mass is 10.5. The van der Waals surface area contributed by atoms with E-state index in [2.05, 4.69) is 4.74 Å². The number of hydrogen-bond donors (Lipinski definition) is 0. The fraction of sp³-hybridized carbons (Fsp3) is 0.500. The Kier molecular flexibility index (Phi) is 4.08. The Morgan fingerprint density at radius 1 is 2.00 bits per heavy atom. The van der Waals surface area contributed by atoms with Gasteiger partial charge in [-0.15, -0.1) is 0 Å². The summed E-state index contributed by atoms with van der Waals surface area (Å²) < 4.78 is 4.05. The normalized spacial score (nSPS) is 7.50. The molecule has 2 radical (unpaired) electrons. The van der Waals surface area contributed by atoms with Gasteiger partial charge in [0.25, 0.3) is 0 Å². The zero-order valence-electron chi connectivity index (χ0n) is 3.60. The minimum absolute atomic E-state index is 0.745. The fourth-order valence-corrected chi connectivity index (χ4v) is 0.117. The minimum atomic E-state index is 0.745. The zero-order valence-corrected chi connectivity index (χ0v) is 3.60. The van der Waals surface area contributed by atoms with E-state index < -0.39 is 0 Å². The van der Waals surface area contributed by atoms with Crippen molar-refractivity contribution in [2.24, 2.45) is 0 Å². The number of hydrogen-bond acceptors (Lipinski definition) is 2. The van der Waals surface area contributed by atoms with Gasteiger partial charge in [-0.1, -0.05) is 6.92 Å². The molecule has 0 fully saturated rings. The SMILES string of the molecule is CC[CH]O[C]=O. The molecule has 0 rings (SSSR count). The van der Waals surface area contributed by atoms with Crippen molar-refractivity contribution in [1.82, 2.24) is 0 Å². The van der Waals surface area contributed by atoms with Crippen molar-refractivity contribution in [1.29, 1.82) is 0 Å². The van der Waals surface area contributed by atoms with Crippen LogP contribution >= 0.6 is 0 Å². The Labute approximate surface area is 37.1 Å². The predicted octanol–water partition coefficient (Wildman–Crippen LogP) is 0.642. The molecule has 0 aromatic heterocycles. The first-order valence-electron chi connectivity index (χ1n) is 1.76. The van der Waals surface area contributed by atoms with E-state index in [-0.39, 0.29) is 0 Å². The second-order valence-corrected chi connectivity index (χ2v) is 0.776. The van der Waals surface area contributed by atoms with Gasteiger partial charge in [0.15, 0.2) is 0 Å². The Balaban J connectivity index is 2.49. The molecule has 0 spiro atoms. The monoisotopic (exact) mass is 86.0 g/mol. The van der Waals surface area contributed by atoms with Gasteiger partial charge in [0, 0.05) is 0 Å². The molecule has 0 aliphatic carbocycles. The van der Waals surface area contributed by atoms with Gasteiger partial charge in [0.05, 0.1) is 0 Å². The zero-order chi connectivity index (χ0) is 4.83. The minimum Gasteiger partial charge on any atom is -0.450 e. The first kappa shape index (κ1) is 5.47. The van der Waals surface area contributed by atoms with Crippen LogP contribution in [0.3, 0.4) is 0 Å². The molecule has 0 aromatic rings. The van der Waals surface area contributed by atoms with E-state index >= 15 is 0 Å². The molecule has 0 aliphatic heterocycles. The second-order valence-electron chi connectivity index (χ2n) is 0.776. The number of carbonyl (C=O) groups excluding carboxylic acids is 1. The first-order valence-corrected chi connectivity index (χ1v) is 1.76. The number of rotatable bonds is 3. The van der Waals surface area contributed by atoms with Gasteiger partial charge in [-0.25, -0.2) is 4.79 Å². The summed E-state index contributed by atoms with van der Waals surface area (Å²) in [7, 11) is 0. The van der Waals surface area contributed by atoms with Gasteiger partial charge in [-0.2, -0.15) is 0 Å². The summed E-state index contributed by atoms with van der Waals surface area (Å²) in [5.74, 6) is 0. The maximum absolute atomic E-state index is 9.19. The third-order valence-electron chi connectivity index (χ3n) is 0.298. The van der Waals surface area contributed by atoms with Crippen molar-refractivity contribution in [3.05, 3.63) is 6.61 Å². The molecule has 2 nitrogen and oxygen atoms in total. The van der Waals surface area contributed by atoms with Crippen molar-refractivity contribution in [2.75, 3.05) is 0 Å².